The van der Waals surface area contributed by atoms with Gasteiger partial charge in [-0.15, -0.1) is 4.83 Å². The summed E-state index contributed by atoms with van der Waals surface area (Å²) >= 11 is 5.93. The summed E-state index contributed by atoms with van der Waals surface area (Å²) in [5.41, 5.74) is 2.42. The van der Waals surface area contributed by atoms with Crippen molar-refractivity contribution in [2.24, 2.45) is 13.0 Å². The predicted molar refractivity (Wildman–Crippen MR) is 124 cm³/mol. The number of hydrogen-bond acceptors (Lipinski definition) is 6. The zero-order chi connectivity index (χ0) is 24.7. The number of aryl methyl sites for hydroxylation is 1. The van der Waals surface area contributed by atoms with Gasteiger partial charge in [0.05, 0.1) is 33.6 Å². The van der Waals surface area contributed by atoms with Gasteiger partial charge in [0.1, 0.15) is 0 Å². The molecule has 1 aromatic heterocycles. The third kappa shape index (κ3) is 5.60. The molecule has 34 heavy (non-hydrogen) atoms. The summed E-state index contributed by atoms with van der Waals surface area (Å²) in [6.07, 6.45) is 5.56. The molecule has 4 rings (SSSR count). The average Bonchev–Trinajstić information content (AvgIpc) is 3.55. The molecule has 1 saturated heterocycles. The largest absolute Gasteiger partial charge is 0.340 e. The lowest BCUT2D eigenvalue weighted by molar-refractivity contribution is 0.0941. The Labute approximate surface area is 202 Å². The van der Waals surface area contributed by atoms with Crippen molar-refractivity contribution in [3.8, 4) is 11.3 Å². The predicted octanol–water partition coefficient (Wildman–Crippen LogP) is 1.65. The Morgan fingerprint density at radius 3 is 2.62 bits per heavy atom. The first-order valence-corrected chi connectivity index (χ1v) is 14.3. The lowest BCUT2D eigenvalue weighted by atomic mass is 10.0. The van der Waals surface area contributed by atoms with E-state index in [0.29, 0.717) is 43.5 Å². The molecule has 1 atom stereocenters. The molecule has 0 bridgehead atoms. The third-order valence-electron chi connectivity index (χ3n) is 5.84. The van der Waals surface area contributed by atoms with E-state index >= 15 is 0 Å². The van der Waals surface area contributed by atoms with Crippen molar-refractivity contribution in [2.45, 2.75) is 30.9 Å². The highest BCUT2D eigenvalue weighted by atomic mass is 35.5. The van der Waals surface area contributed by atoms with Crippen molar-refractivity contribution in [3.05, 3.63) is 41.1 Å². The zero-order valence-corrected chi connectivity index (χ0v) is 20.8. The Morgan fingerprint density at radius 1 is 1.24 bits per heavy atom. The van der Waals surface area contributed by atoms with Crippen molar-refractivity contribution in [1.82, 2.24) is 24.1 Å². The van der Waals surface area contributed by atoms with E-state index in [0.717, 1.165) is 0 Å². The van der Waals surface area contributed by atoms with Crippen LogP contribution in [-0.2, 0) is 27.1 Å². The molecule has 10 nitrogen and oxygen atoms in total. The molecule has 0 radical (unpaired) electrons. The Bertz CT molecular complexity index is 1310. The van der Waals surface area contributed by atoms with Gasteiger partial charge in [-0.25, -0.2) is 30.5 Å². The number of hydrogen-bond donors (Lipinski definition) is 2. The van der Waals surface area contributed by atoms with Crippen molar-refractivity contribution >= 4 is 37.6 Å². The van der Waals surface area contributed by atoms with Crippen LogP contribution in [0.15, 0.2) is 24.7 Å². The molecular formula is C20H25ClFN5O5S2. The third-order valence-corrected chi connectivity index (χ3v) is 9.80. The quantitative estimate of drug-likeness (QED) is 0.496. The van der Waals surface area contributed by atoms with Crippen LogP contribution in [0, 0.1) is 11.7 Å². The smallest absolute Gasteiger partial charge is 0.269 e. The minimum absolute atomic E-state index is 0.115. The highest BCUT2D eigenvalue weighted by Crippen LogP contribution is 2.33. The Hall–Kier alpha value is -2.06. The number of sulfonamides is 2. The molecule has 2 aliphatic rings. The number of carbonyl (C=O) groups is 1. The Kier molecular flexibility index (Phi) is 7.02. The summed E-state index contributed by atoms with van der Waals surface area (Å²) in [5, 5.41) is -0.667. The van der Waals surface area contributed by atoms with E-state index in [1.165, 1.54) is 22.8 Å². The number of hydrazine groups is 1. The number of carbonyl (C=O) groups excluding carboxylic acids is 1. The molecule has 14 heteroatoms. The van der Waals surface area contributed by atoms with Crippen molar-refractivity contribution in [3.63, 3.8) is 0 Å². The number of nitrogens with one attached hydrogen (secondary N) is 2. The van der Waals surface area contributed by atoms with Crippen molar-refractivity contribution in [1.29, 1.82) is 0 Å². The minimum Gasteiger partial charge on any atom is -0.340 e. The number of amides is 1. The summed E-state index contributed by atoms with van der Waals surface area (Å²) in [4.78, 5) is 18.7. The van der Waals surface area contributed by atoms with Gasteiger partial charge in [-0.1, -0.05) is 11.6 Å². The zero-order valence-electron chi connectivity index (χ0n) is 18.4. The Morgan fingerprint density at radius 2 is 1.97 bits per heavy atom. The van der Waals surface area contributed by atoms with Crippen molar-refractivity contribution in [2.75, 3.05) is 18.8 Å². The first-order chi connectivity index (χ1) is 16.0. The maximum atomic E-state index is 14.5. The van der Waals surface area contributed by atoms with Crippen LogP contribution < -0.4 is 10.3 Å². The van der Waals surface area contributed by atoms with Gasteiger partial charge in [-0.05, 0) is 43.7 Å². The molecule has 1 amide bonds. The van der Waals surface area contributed by atoms with Gasteiger partial charge in [0.2, 0.25) is 20.0 Å². The van der Waals surface area contributed by atoms with Crippen LogP contribution >= 0.6 is 11.6 Å². The van der Waals surface area contributed by atoms with Gasteiger partial charge in [-0.3, -0.25) is 10.2 Å². The monoisotopic (exact) mass is 533 g/mol. The van der Waals surface area contributed by atoms with Crippen LogP contribution in [-0.4, -0.2) is 60.7 Å². The highest BCUT2D eigenvalue weighted by Gasteiger charge is 2.42. The van der Waals surface area contributed by atoms with Crippen molar-refractivity contribution < 1.29 is 26.0 Å². The second-order valence-corrected chi connectivity index (χ2v) is 13.1. The lowest BCUT2D eigenvalue weighted by Crippen LogP contribution is -2.47. The van der Waals surface area contributed by atoms with Crippen LogP contribution in [0.5, 0.6) is 0 Å². The second-order valence-electron chi connectivity index (χ2n) is 8.69. The maximum absolute atomic E-state index is 14.5. The number of aromatic nitrogens is 2. The maximum Gasteiger partial charge on any atom is 0.269 e. The SMILES string of the molecule is Cn1cnc(-c2cc(Cl)c(F)c(C(=O)NNS(=O)(=O)CC3CCCN(S(=O)(=O)C4CC4)C3)c2)c1. The summed E-state index contributed by atoms with van der Waals surface area (Å²) in [6, 6.07) is 2.56. The second kappa shape index (κ2) is 9.53. The minimum atomic E-state index is -4.01. The summed E-state index contributed by atoms with van der Waals surface area (Å²) in [7, 11) is -5.65. The van der Waals surface area contributed by atoms with Gasteiger partial charge in [0.25, 0.3) is 5.91 Å². The average molecular weight is 534 g/mol. The van der Waals surface area contributed by atoms with E-state index in [1.807, 2.05) is 10.3 Å². The number of imidazole rings is 1. The van der Waals surface area contributed by atoms with E-state index in [9.17, 15) is 26.0 Å². The first-order valence-electron chi connectivity index (χ1n) is 10.7. The van der Waals surface area contributed by atoms with Gasteiger partial charge in [-0.2, -0.15) is 0 Å². The summed E-state index contributed by atoms with van der Waals surface area (Å²) in [6.45, 7) is 0.496. The topological polar surface area (TPSA) is 130 Å². The van der Waals surface area contributed by atoms with Crippen LogP contribution in [0.3, 0.4) is 0 Å². The number of halogens is 2. The normalized spacial score (nSPS) is 19.8. The van der Waals surface area contributed by atoms with Crippen LogP contribution in [0.25, 0.3) is 11.3 Å². The van der Waals surface area contributed by atoms with Gasteiger partial charge in [0, 0.05) is 31.9 Å². The molecule has 2 aromatic rings. The summed E-state index contributed by atoms with van der Waals surface area (Å²) in [5.74, 6) is -2.81. The van der Waals surface area contributed by atoms with Crippen LogP contribution in [0.4, 0.5) is 4.39 Å². The van der Waals surface area contributed by atoms with E-state index in [4.69, 9.17) is 11.6 Å². The molecule has 1 aliphatic heterocycles. The molecule has 1 unspecified atom stereocenters. The molecule has 0 spiro atoms. The highest BCUT2D eigenvalue weighted by molar-refractivity contribution is 7.90. The van der Waals surface area contributed by atoms with Crippen LogP contribution in [0.2, 0.25) is 5.02 Å². The number of rotatable bonds is 8. The number of benzene rings is 1. The molecular weight excluding hydrogens is 509 g/mol. The molecule has 2 N–H and O–H groups in total. The van der Waals surface area contributed by atoms with E-state index < -0.39 is 43.3 Å². The first kappa shape index (κ1) is 25.0. The Balaban J connectivity index is 1.41. The van der Waals surface area contributed by atoms with Gasteiger partial charge < -0.3 is 4.57 Å². The fraction of sp³-hybridized carbons (Fsp3) is 0.500. The van der Waals surface area contributed by atoms with Crippen LogP contribution in [0.1, 0.15) is 36.0 Å². The summed E-state index contributed by atoms with van der Waals surface area (Å²) < 4.78 is 67.6. The van der Waals surface area contributed by atoms with Gasteiger partial charge >= 0.3 is 0 Å². The fourth-order valence-corrected chi connectivity index (χ4v) is 7.38. The van der Waals surface area contributed by atoms with E-state index in [-0.39, 0.29) is 22.6 Å². The molecule has 2 fully saturated rings. The molecule has 1 aliphatic carbocycles. The molecule has 1 saturated carbocycles. The van der Waals surface area contributed by atoms with E-state index in [2.05, 4.69) is 4.98 Å². The van der Waals surface area contributed by atoms with E-state index in [1.54, 1.807) is 17.8 Å². The van der Waals surface area contributed by atoms with Gasteiger partial charge in [0.15, 0.2) is 5.82 Å². The number of piperidine rings is 1. The molecule has 186 valence electrons. The molecule has 2 heterocycles. The fourth-order valence-electron chi connectivity index (χ4n) is 3.98. The standard InChI is InChI=1S/C20H25ClFN5O5S2/c1-26-10-18(23-12-26)14-7-16(19(22)17(21)8-14)20(28)24-25-33(29,30)11-13-3-2-6-27(9-13)34(31,32)15-4-5-15/h7-8,10,12-13,15,25H,2-6,9,11H2,1H3,(H,24,28). The number of nitrogens with zero attached hydrogens (tertiary/aromatic N) is 3. The molecule has 1 aromatic carbocycles. The lowest BCUT2D eigenvalue weighted by Gasteiger charge is -2.31.